The number of carbonyl (C=O) groups excluding carboxylic acids is 1. The van der Waals surface area contributed by atoms with Crippen molar-refractivity contribution in [1.82, 2.24) is 0 Å². The summed E-state index contributed by atoms with van der Waals surface area (Å²) in [5.41, 5.74) is 0. The molecule has 0 aromatic heterocycles. The summed E-state index contributed by atoms with van der Waals surface area (Å²) >= 11 is 0. The Morgan fingerprint density at radius 1 is 0.667 bits per heavy atom. The maximum absolute atomic E-state index is 11.5. The second-order valence-corrected chi connectivity index (χ2v) is 8.39. The van der Waals surface area contributed by atoms with Gasteiger partial charge in [0.15, 0.2) is 0 Å². The summed E-state index contributed by atoms with van der Waals surface area (Å²) in [5.74, 6) is 0. The highest BCUT2D eigenvalue weighted by atomic mass is 16.6. The molecule has 0 aliphatic carbocycles. The smallest absolute Gasteiger partial charge is 0.241 e. The molecule has 0 aromatic carbocycles. The van der Waals surface area contributed by atoms with Gasteiger partial charge in [-0.15, -0.1) is 0 Å². The Morgan fingerprint density at radius 3 is 1.61 bits per heavy atom. The predicted octanol–water partition coefficient (Wildman–Crippen LogP) is 1.91. The fourth-order valence-electron chi connectivity index (χ4n) is 3.75. The number of rotatable bonds is 21. The van der Waals surface area contributed by atoms with Crippen LogP contribution in [0.5, 0.6) is 0 Å². The normalized spacial score (nSPS) is 16.8. The van der Waals surface area contributed by atoms with Crippen LogP contribution in [0.2, 0.25) is 0 Å². The zero-order valence-electron chi connectivity index (χ0n) is 19.1. The third-order valence-corrected chi connectivity index (χ3v) is 5.79. The topological polar surface area (TPSA) is 207 Å². The molecule has 13 heteroatoms. The van der Waals surface area contributed by atoms with E-state index in [0.29, 0.717) is 44.9 Å². The van der Waals surface area contributed by atoms with Crippen molar-refractivity contribution < 1.29 is 34.9 Å². The highest BCUT2D eigenvalue weighted by molar-refractivity contribution is 5.48. The first-order valence-electron chi connectivity index (χ1n) is 11.4. The van der Waals surface area contributed by atoms with E-state index >= 15 is 0 Å². The predicted molar refractivity (Wildman–Crippen MR) is 118 cm³/mol. The van der Waals surface area contributed by atoms with E-state index in [1.807, 2.05) is 6.92 Å². The van der Waals surface area contributed by atoms with Gasteiger partial charge in [0.1, 0.15) is 24.6 Å². The van der Waals surface area contributed by atoms with Crippen molar-refractivity contribution in [1.29, 1.82) is 0 Å². The van der Waals surface area contributed by atoms with E-state index in [2.05, 4.69) is 0 Å². The molecule has 0 radical (unpaired) electrons. The number of carbonyl (C=O) groups is 1. The second-order valence-electron chi connectivity index (χ2n) is 8.39. The van der Waals surface area contributed by atoms with Crippen molar-refractivity contribution in [3.05, 3.63) is 30.3 Å². The van der Waals surface area contributed by atoms with Crippen molar-refractivity contribution in [2.24, 2.45) is 0 Å². The molecular weight excluding hydrogens is 442 g/mol. The van der Waals surface area contributed by atoms with Gasteiger partial charge < -0.3 is 20.1 Å². The van der Waals surface area contributed by atoms with Gasteiger partial charge in [-0.3, -0.25) is 30.3 Å². The lowest BCUT2D eigenvalue weighted by atomic mass is 9.91. The Bertz CT molecular complexity index is 607. The van der Waals surface area contributed by atoms with Crippen LogP contribution < -0.4 is 0 Å². The third-order valence-electron chi connectivity index (χ3n) is 5.79. The molecule has 0 saturated heterocycles. The molecule has 0 bridgehead atoms. The monoisotopic (exact) mass is 479 g/mol. The van der Waals surface area contributed by atoms with E-state index in [4.69, 9.17) is 0 Å². The van der Waals surface area contributed by atoms with Crippen LogP contribution in [0.15, 0.2) is 0 Å². The highest BCUT2D eigenvalue weighted by Crippen LogP contribution is 2.21. The van der Waals surface area contributed by atoms with Crippen LogP contribution in [0, 0.1) is 30.3 Å². The first kappa shape index (κ1) is 30.8. The van der Waals surface area contributed by atoms with Crippen molar-refractivity contribution in [3.8, 4) is 0 Å². The Morgan fingerprint density at radius 2 is 1.12 bits per heavy atom. The van der Waals surface area contributed by atoms with Crippen LogP contribution in [-0.4, -0.2) is 72.8 Å². The van der Waals surface area contributed by atoms with Crippen molar-refractivity contribution in [2.75, 3.05) is 0 Å². The number of nitro groups is 3. The summed E-state index contributed by atoms with van der Waals surface area (Å²) in [6.45, 7) is 1.89. The molecule has 192 valence electrons. The van der Waals surface area contributed by atoms with Crippen LogP contribution in [0.4, 0.5) is 0 Å². The van der Waals surface area contributed by atoms with Gasteiger partial charge in [-0.1, -0.05) is 39.0 Å². The standard InChI is InChI=1S/C20H37N3O10/c1-2-3-7-10-15(21(28)29)19(26)14-17(23(32)33)20(27)13-16(22(30)31)18(25)11-8-5-4-6-9-12-24/h12,15-20,25-27H,2-11,13-14H2,1H3. The molecule has 6 atom stereocenters. The van der Waals surface area contributed by atoms with E-state index in [1.165, 1.54) is 0 Å². The Labute approximate surface area is 192 Å². The Kier molecular flexibility index (Phi) is 16.1. The largest absolute Gasteiger partial charge is 0.386 e. The molecule has 0 saturated carbocycles. The number of aldehydes is 1. The van der Waals surface area contributed by atoms with Crippen molar-refractivity contribution in [2.45, 2.75) is 120 Å². The Balaban J connectivity index is 5.04. The number of aliphatic hydroxyl groups excluding tert-OH is 3. The quantitative estimate of drug-likeness (QED) is 0.0942. The lowest BCUT2D eigenvalue weighted by molar-refractivity contribution is -0.562. The lowest BCUT2D eigenvalue weighted by Crippen LogP contribution is -2.46. The van der Waals surface area contributed by atoms with Gasteiger partial charge >= 0.3 is 0 Å². The van der Waals surface area contributed by atoms with Crippen LogP contribution >= 0.6 is 0 Å². The average Bonchev–Trinajstić information content (AvgIpc) is 2.74. The van der Waals surface area contributed by atoms with E-state index in [-0.39, 0.29) is 12.8 Å². The number of aliphatic hydroxyl groups is 3. The number of nitrogens with zero attached hydrogens (tertiary/aromatic N) is 3. The minimum Gasteiger partial charge on any atom is -0.386 e. The summed E-state index contributed by atoms with van der Waals surface area (Å²) in [7, 11) is 0. The zero-order valence-corrected chi connectivity index (χ0v) is 19.1. The SMILES string of the molecule is CCCCCC(C(O)CC(C(O)CC(C(O)CCCCCCC=O)[N+](=O)[O-])[N+](=O)[O-])[N+](=O)[O-]. The van der Waals surface area contributed by atoms with Crippen LogP contribution in [0.3, 0.4) is 0 Å². The van der Waals surface area contributed by atoms with Gasteiger partial charge in [-0.05, 0) is 19.3 Å². The molecule has 0 aliphatic rings. The molecule has 3 N–H and O–H groups in total. The molecule has 13 nitrogen and oxygen atoms in total. The van der Waals surface area contributed by atoms with Crippen LogP contribution in [0.25, 0.3) is 0 Å². The third kappa shape index (κ3) is 12.5. The van der Waals surface area contributed by atoms with E-state index in [1.54, 1.807) is 0 Å². The number of unbranched alkanes of at least 4 members (excludes halogenated alkanes) is 6. The first-order valence-corrected chi connectivity index (χ1v) is 11.4. The van der Waals surface area contributed by atoms with Crippen molar-refractivity contribution >= 4 is 6.29 Å². The van der Waals surface area contributed by atoms with Gasteiger partial charge in [0.2, 0.25) is 18.1 Å². The molecule has 0 aromatic rings. The van der Waals surface area contributed by atoms with Gasteiger partial charge in [0.05, 0.1) is 12.8 Å². The van der Waals surface area contributed by atoms with E-state index in [9.17, 15) is 50.5 Å². The summed E-state index contributed by atoms with van der Waals surface area (Å²) in [5, 5.41) is 64.9. The number of hydrogen-bond donors (Lipinski definition) is 3. The molecule has 0 amide bonds. The second kappa shape index (κ2) is 17.3. The van der Waals surface area contributed by atoms with Gasteiger partial charge in [0, 0.05) is 27.6 Å². The highest BCUT2D eigenvalue weighted by Gasteiger charge is 2.42. The zero-order chi connectivity index (χ0) is 25.4. The maximum atomic E-state index is 11.5. The maximum Gasteiger partial charge on any atom is 0.241 e. The minimum atomic E-state index is -1.88. The van der Waals surface area contributed by atoms with E-state index < -0.39 is 64.0 Å². The molecule has 0 aliphatic heterocycles. The Hall–Kier alpha value is -2.25. The molecule has 0 spiro atoms. The van der Waals surface area contributed by atoms with Crippen LogP contribution in [0.1, 0.15) is 84.0 Å². The fourth-order valence-corrected chi connectivity index (χ4v) is 3.75. The average molecular weight is 480 g/mol. The molecule has 33 heavy (non-hydrogen) atoms. The molecular formula is C20H37N3O10. The molecule has 0 heterocycles. The van der Waals surface area contributed by atoms with Gasteiger partial charge in [0.25, 0.3) is 0 Å². The molecule has 0 fully saturated rings. The molecule has 6 unspecified atom stereocenters. The van der Waals surface area contributed by atoms with Gasteiger partial charge in [-0.25, -0.2) is 0 Å². The lowest BCUT2D eigenvalue weighted by Gasteiger charge is -2.23. The summed E-state index contributed by atoms with van der Waals surface area (Å²) in [6.07, 6.45) is -0.799. The molecule has 0 rings (SSSR count). The summed E-state index contributed by atoms with van der Waals surface area (Å²) < 4.78 is 0. The van der Waals surface area contributed by atoms with Gasteiger partial charge in [-0.2, -0.15) is 0 Å². The number of hydrogen-bond acceptors (Lipinski definition) is 10. The minimum absolute atomic E-state index is 0.0195. The fraction of sp³-hybridized carbons (Fsp3) is 0.950. The van der Waals surface area contributed by atoms with E-state index in [0.717, 1.165) is 12.7 Å². The summed E-state index contributed by atoms with van der Waals surface area (Å²) in [4.78, 5) is 42.0. The first-order chi connectivity index (χ1) is 15.6. The summed E-state index contributed by atoms with van der Waals surface area (Å²) in [6, 6.07) is -4.96. The van der Waals surface area contributed by atoms with Crippen LogP contribution in [-0.2, 0) is 4.79 Å². The van der Waals surface area contributed by atoms with Crippen molar-refractivity contribution in [3.63, 3.8) is 0 Å².